The van der Waals surface area contributed by atoms with E-state index in [1.165, 1.54) is 53.9 Å². The van der Waals surface area contributed by atoms with Gasteiger partial charge in [-0.1, -0.05) is 164 Å². The quantitative estimate of drug-likeness (QED) is 0.142. The number of nitrogens with zero attached hydrogens (tertiary/aromatic N) is 2. The normalized spacial score (nSPS) is 11.6. The Morgan fingerprint density at radius 3 is 0.850 bits per heavy atom. The molecular weight excluding hydrogens is 725 g/mol. The number of rotatable bonds is 8. The molecule has 2 nitrogen and oxygen atoms in total. The minimum absolute atomic E-state index is 1.11. The summed E-state index contributed by atoms with van der Waals surface area (Å²) < 4.78 is 0. The van der Waals surface area contributed by atoms with Gasteiger partial charge in [-0.05, 0) is 144 Å². The number of hydrogen-bond donors (Lipinski definition) is 0. The molecule has 0 bridgehead atoms. The van der Waals surface area contributed by atoms with Gasteiger partial charge < -0.3 is 9.80 Å². The van der Waals surface area contributed by atoms with Crippen LogP contribution in [0.1, 0.15) is 11.1 Å². The van der Waals surface area contributed by atoms with Gasteiger partial charge in [0.15, 0.2) is 0 Å². The van der Waals surface area contributed by atoms with Crippen LogP contribution in [0.15, 0.2) is 231 Å². The van der Waals surface area contributed by atoms with Crippen molar-refractivity contribution < 1.29 is 0 Å². The second kappa shape index (κ2) is 15.1. The highest BCUT2D eigenvalue weighted by Gasteiger charge is 2.16. The summed E-state index contributed by atoms with van der Waals surface area (Å²) in [5.74, 6) is 0. The maximum atomic E-state index is 2.37. The molecule has 0 fully saturated rings. The summed E-state index contributed by atoms with van der Waals surface area (Å²) in [5.41, 5.74) is 9.06. The fourth-order valence-electron chi connectivity index (χ4n) is 8.58. The monoisotopic (exact) mass is 764 g/mol. The van der Waals surface area contributed by atoms with Gasteiger partial charge in [0.25, 0.3) is 0 Å². The molecule has 0 saturated carbocycles. The van der Waals surface area contributed by atoms with Crippen molar-refractivity contribution in [3.8, 4) is 0 Å². The molecule has 11 rings (SSSR count). The first-order chi connectivity index (χ1) is 29.7. The first-order valence-electron chi connectivity index (χ1n) is 20.6. The van der Waals surface area contributed by atoms with Crippen LogP contribution in [0.4, 0.5) is 34.1 Å². The van der Waals surface area contributed by atoms with Crippen molar-refractivity contribution in [2.75, 3.05) is 9.80 Å². The molecule has 0 radical (unpaired) electrons. The van der Waals surface area contributed by atoms with Gasteiger partial charge in [-0.2, -0.15) is 0 Å². The molecule has 0 atom stereocenters. The van der Waals surface area contributed by atoms with E-state index in [9.17, 15) is 0 Å². The van der Waals surface area contributed by atoms with Crippen LogP contribution in [-0.4, -0.2) is 0 Å². The number of hydrogen-bond acceptors (Lipinski definition) is 2. The minimum atomic E-state index is 1.11. The largest absolute Gasteiger partial charge is 0.310 e. The molecule has 0 aromatic heterocycles. The van der Waals surface area contributed by atoms with Crippen LogP contribution in [0.3, 0.4) is 0 Å². The van der Waals surface area contributed by atoms with Crippen LogP contribution < -0.4 is 9.80 Å². The van der Waals surface area contributed by atoms with Crippen LogP contribution in [-0.2, 0) is 0 Å². The zero-order chi connectivity index (χ0) is 39.8. The summed E-state index contributed by atoms with van der Waals surface area (Å²) >= 11 is 0. The average Bonchev–Trinajstić information content (AvgIpc) is 3.31. The van der Waals surface area contributed by atoms with Gasteiger partial charge in [-0.25, -0.2) is 0 Å². The maximum absolute atomic E-state index is 2.37. The Morgan fingerprint density at radius 1 is 0.200 bits per heavy atom. The molecule has 0 saturated heterocycles. The molecule has 60 heavy (non-hydrogen) atoms. The Balaban J connectivity index is 0.899. The molecule has 282 valence electrons. The molecule has 0 aliphatic heterocycles. The highest BCUT2D eigenvalue weighted by molar-refractivity contribution is 5.96. The van der Waals surface area contributed by atoms with Gasteiger partial charge in [-0.3, -0.25) is 0 Å². The second-order valence-corrected chi connectivity index (χ2v) is 15.5. The maximum Gasteiger partial charge on any atom is 0.0468 e. The van der Waals surface area contributed by atoms with E-state index in [0.717, 1.165) is 45.3 Å². The van der Waals surface area contributed by atoms with Crippen molar-refractivity contribution >= 4 is 100 Å². The van der Waals surface area contributed by atoms with Crippen LogP contribution in [0.5, 0.6) is 0 Å². The summed E-state index contributed by atoms with van der Waals surface area (Å²) in [7, 11) is 0. The van der Waals surface area contributed by atoms with E-state index in [2.05, 4.69) is 252 Å². The second-order valence-electron chi connectivity index (χ2n) is 15.5. The Kier molecular flexibility index (Phi) is 8.87. The molecule has 0 N–H and O–H groups in total. The minimum Gasteiger partial charge on any atom is -0.310 e. The summed E-state index contributed by atoms with van der Waals surface area (Å²) in [5, 5.41) is 12.2. The zero-order valence-corrected chi connectivity index (χ0v) is 33.0. The van der Waals surface area contributed by atoms with Crippen LogP contribution in [0.2, 0.25) is 0 Å². The van der Waals surface area contributed by atoms with Gasteiger partial charge in [0.2, 0.25) is 0 Å². The molecule has 11 aromatic rings. The Bertz CT molecular complexity index is 3240. The van der Waals surface area contributed by atoms with E-state index < -0.39 is 0 Å². The van der Waals surface area contributed by atoms with Gasteiger partial charge in [-0.15, -0.1) is 0 Å². The highest BCUT2D eigenvalue weighted by atomic mass is 15.1. The lowest BCUT2D eigenvalue weighted by Crippen LogP contribution is -2.10. The van der Waals surface area contributed by atoms with Crippen molar-refractivity contribution in [3.63, 3.8) is 0 Å². The summed E-state index contributed by atoms with van der Waals surface area (Å²) in [6.45, 7) is 0. The molecule has 11 aromatic carbocycles. The molecule has 2 heteroatoms. The first-order valence-corrected chi connectivity index (χ1v) is 20.6. The van der Waals surface area contributed by atoms with E-state index >= 15 is 0 Å². The number of benzene rings is 11. The first kappa shape index (κ1) is 35.2. The summed E-state index contributed by atoms with van der Waals surface area (Å²) in [4.78, 5) is 4.72. The van der Waals surface area contributed by atoms with E-state index in [0.29, 0.717) is 0 Å². The van der Waals surface area contributed by atoms with Crippen molar-refractivity contribution in [1.82, 2.24) is 0 Å². The third kappa shape index (κ3) is 6.81. The molecular formula is C58H40N2. The van der Waals surface area contributed by atoms with Crippen LogP contribution in [0.25, 0.3) is 66.0 Å². The van der Waals surface area contributed by atoms with Crippen molar-refractivity contribution in [3.05, 3.63) is 242 Å². The summed E-state index contributed by atoms with van der Waals surface area (Å²) in [6, 6.07) is 83.6. The van der Waals surface area contributed by atoms with Gasteiger partial charge in [0, 0.05) is 34.1 Å². The van der Waals surface area contributed by atoms with Crippen LogP contribution in [0, 0.1) is 0 Å². The fourth-order valence-corrected chi connectivity index (χ4v) is 8.58. The standard InChI is InChI=1S/C58H40N2/c1-5-13-47-36-54(30-23-43(47)9-1)59(55-31-24-44-10-2-6-14-48(44)37-55)53-28-20-41(21-29-53)17-18-42-19-22-52-40-58(34-27-51(52)35-42)60(56-32-25-45-11-3-7-15-49(45)38-56)57-33-26-46-12-4-8-16-50(46)39-57/h1-40H. The lowest BCUT2D eigenvalue weighted by atomic mass is 10.0. The Labute approximate surface area is 350 Å². The fraction of sp³-hybridized carbons (Fsp3) is 0. The molecule has 0 heterocycles. The Hall–Kier alpha value is -7.94. The Morgan fingerprint density at radius 2 is 0.450 bits per heavy atom. The predicted molar refractivity (Wildman–Crippen MR) is 259 cm³/mol. The third-order valence-corrected chi connectivity index (χ3v) is 11.7. The molecule has 0 unspecified atom stereocenters. The number of fused-ring (bicyclic) bond motifs is 5. The highest BCUT2D eigenvalue weighted by Crippen LogP contribution is 2.40. The predicted octanol–water partition coefficient (Wildman–Crippen LogP) is 16.6. The molecule has 0 aliphatic rings. The van der Waals surface area contributed by atoms with E-state index in [1.807, 2.05) is 0 Å². The van der Waals surface area contributed by atoms with Crippen molar-refractivity contribution in [2.24, 2.45) is 0 Å². The van der Waals surface area contributed by atoms with E-state index in [1.54, 1.807) is 0 Å². The molecule has 0 spiro atoms. The smallest absolute Gasteiger partial charge is 0.0468 e. The lowest BCUT2D eigenvalue weighted by molar-refractivity contribution is 1.29. The van der Waals surface area contributed by atoms with Gasteiger partial charge in [0.1, 0.15) is 0 Å². The van der Waals surface area contributed by atoms with Crippen molar-refractivity contribution in [2.45, 2.75) is 0 Å². The van der Waals surface area contributed by atoms with E-state index in [4.69, 9.17) is 0 Å². The van der Waals surface area contributed by atoms with E-state index in [-0.39, 0.29) is 0 Å². The molecule has 0 aliphatic carbocycles. The van der Waals surface area contributed by atoms with Crippen molar-refractivity contribution in [1.29, 1.82) is 0 Å². The SMILES string of the molecule is C(=Cc1ccc2cc(N(c3ccc4ccccc4c3)c3ccc4ccccc4c3)ccc2c1)c1ccc(N(c2ccc3ccccc3c2)c2ccc3ccccc3c2)cc1. The average molecular weight is 765 g/mol. The number of anilines is 6. The lowest BCUT2D eigenvalue weighted by Gasteiger charge is -2.26. The summed E-state index contributed by atoms with van der Waals surface area (Å²) in [6.07, 6.45) is 4.42. The molecule has 0 amide bonds. The van der Waals surface area contributed by atoms with Crippen LogP contribution >= 0.6 is 0 Å². The zero-order valence-electron chi connectivity index (χ0n) is 33.0. The third-order valence-electron chi connectivity index (χ3n) is 11.7. The van der Waals surface area contributed by atoms with Gasteiger partial charge in [0.05, 0.1) is 0 Å². The van der Waals surface area contributed by atoms with Gasteiger partial charge >= 0.3 is 0 Å². The topological polar surface area (TPSA) is 6.48 Å².